The molecule has 0 aromatic carbocycles. The van der Waals surface area contributed by atoms with E-state index < -0.39 is 34.2 Å². The van der Waals surface area contributed by atoms with Crippen LogP contribution >= 0.6 is 0 Å². The average Bonchev–Trinajstić information content (AvgIpc) is 2.64. The van der Waals surface area contributed by atoms with Crippen molar-refractivity contribution in [3.63, 3.8) is 0 Å². The van der Waals surface area contributed by atoms with E-state index in [0.29, 0.717) is 0 Å². The minimum Gasteiger partial charge on any atom is -0.550 e. The predicted octanol–water partition coefficient (Wildman–Crippen LogP) is 2.78. The molecule has 0 spiro atoms. The minimum atomic E-state index is -0.942. The molecule has 0 unspecified atom stereocenters. The topological polar surface area (TPSA) is 120 Å². The first-order valence-electron chi connectivity index (χ1n) is 12.1. The molecule has 0 bridgehead atoms. The van der Waals surface area contributed by atoms with Crippen LogP contribution in [-0.2, 0) is 14.4 Å². The van der Waals surface area contributed by atoms with E-state index in [1.807, 2.05) is 83.1 Å². The molecule has 0 aliphatic heterocycles. The van der Waals surface area contributed by atoms with E-state index in [0.717, 1.165) is 0 Å². The number of carboxylic acid groups (broad SMARTS) is 3. The molecule has 0 atom stereocenters. The molecule has 0 radical (unpaired) electrons. The molecule has 0 aromatic heterocycles. The summed E-state index contributed by atoms with van der Waals surface area (Å²) in [6, 6.07) is 0. The molecular weight excluding hydrogens is 447 g/mol. The summed E-state index contributed by atoms with van der Waals surface area (Å²) in [6.45, 7) is 28.2. The monoisotopic (exact) mass is 498 g/mol. The first kappa shape index (κ1) is 40.1. The van der Waals surface area contributed by atoms with E-state index in [4.69, 9.17) is 0 Å². The van der Waals surface area contributed by atoms with Crippen molar-refractivity contribution < 1.29 is 29.7 Å². The van der Waals surface area contributed by atoms with Crippen molar-refractivity contribution in [2.24, 2.45) is 51.8 Å². The Hall–Kier alpha value is -1.06. The Balaban J connectivity index is -0.000000196. The van der Waals surface area contributed by atoms with Gasteiger partial charge in [-0.2, -0.15) is 0 Å². The van der Waals surface area contributed by atoms with Crippen LogP contribution in [0.15, 0.2) is 0 Å². The van der Waals surface area contributed by atoms with Gasteiger partial charge in [0.05, 0.1) is 0 Å². The van der Waals surface area contributed by atoms with Gasteiger partial charge in [0, 0.05) is 34.2 Å². The van der Waals surface area contributed by atoms with Crippen LogP contribution in [0.2, 0.25) is 0 Å². The molecule has 0 amide bonds. The van der Waals surface area contributed by atoms with Crippen LogP contribution in [0.3, 0.4) is 0 Å². The zero-order chi connectivity index (χ0) is 27.7. The molecule has 0 aliphatic rings. The van der Waals surface area contributed by atoms with Gasteiger partial charge in [-0.15, -0.1) is 0 Å². The maximum Gasteiger partial charge on any atom is 3.00 e. The quantitative estimate of drug-likeness (QED) is 0.451. The summed E-state index contributed by atoms with van der Waals surface area (Å²) < 4.78 is 0. The van der Waals surface area contributed by atoms with Gasteiger partial charge in [-0.3, -0.25) is 0 Å². The summed E-state index contributed by atoms with van der Waals surface area (Å²) in [4.78, 5) is 32.4. The van der Waals surface area contributed by atoms with Gasteiger partial charge in [-0.25, -0.2) is 0 Å². The van der Waals surface area contributed by atoms with Crippen molar-refractivity contribution in [2.75, 3.05) is 0 Å². The average molecular weight is 499 g/mol. The maximum absolute atomic E-state index is 10.8. The Morgan fingerprint density at radius 2 is 0.500 bits per heavy atom. The smallest absolute Gasteiger partial charge is 0.550 e. The van der Waals surface area contributed by atoms with Crippen LogP contribution in [-0.4, -0.2) is 35.3 Å². The molecule has 0 aromatic rings. The normalized spacial score (nSPS) is 12.3. The predicted molar refractivity (Wildman–Crippen MR) is 134 cm³/mol. The molecule has 0 N–H and O–H groups in total. The third-order valence-corrected chi connectivity index (χ3v) is 8.52. The summed E-state index contributed by atoms with van der Waals surface area (Å²) in [5, 5.41) is 32.4. The second kappa shape index (κ2) is 15.8. The van der Waals surface area contributed by atoms with E-state index in [1.54, 1.807) is 20.8 Å². The van der Waals surface area contributed by atoms with E-state index in [9.17, 15) is 29.7 Å². The molecular formula is C27H51AlO6. The van der Waals surface area contributed by atoms with Gasteiger partial charge in [-0.1, -0.05) is 104 Å². The first-order valence-corrected chi connectivity index (χ1v) is 12.1. The van der Waals surface area contributed by atoms with Gasteiger partial charge >= 0.3 is 17.4 Å². The summed E-state index contributed by atoms with van der Waals surface area (Å²) in [6.07, 6.45) is 0. The van der Waals surface area contributed by atoms with Crippen molar-refractivity contribution >= 4 is 35.3 Å². The first-order chi connectivity index (χ1) is 14.5. The number of carbonyl (C=O) groups excluding carboxylic acids is 3. The Kier molecular flexibility index (Phi) is 18.7. The summed E-state index contributed by atoms with van der Waals surface area (Å²) >= 11 is 0. The molecule has 0 saturated carbocycles. The Morgan fingerprint density at radius 3 is 0.500 bits per heavy atom. The second-order valence-electron chi connectivity index (χ2n) is 11.6. The number of carbonyl (C=O) groups is 3. The van der Waals surface area contributed by atoms with Crippen LogP contribution < -0.4 is 15.3 Å². The summed E-state index contributed by atoms with van der Waals surface area (Å²) in [5.41, 5.74) is -2.08. The van der Waals surface area contributed by atoms with Crippen molar-refractivity contribution in [3.05, 3.63) is 0 Å². The molecule has 6 nitrogen and oxygen atoms in total. The maximum atomic E-state index is 10.8. The van der Waals surface area contributed by atoms with Crippen molar-refractivity contribution in [1.82, 2.24) is 0 Å². The third-order valence-electron chi connectivity index (χ3n) is 8.52. The molecule has 34 heavy (non-hydrogen) atoms. The molecule has 198 valence electrons. The van der Waals surface area contributed by atoms with Crippen LogP contribution in [0.5, 0.6) is 0 Å². The van der Waals surface area contributed by atoms with Gasteiger partial charge in [0.15, 0.2) is 0 Å². The van der Waals surface area contributed by atoms with Gasteiger partial charge in [0.2, 0.25) is 0 Å². The molecule has 0 fully saturated rings. The third kappa shape index (κ3) is 9.90. The number of hydrogen-bond donors (Lipinski definition) is 0. The minimum absolute atomic E-state index is 0. The standard InChI is InChI=1S/3C9H18O2.Al/c3*1-6(2)9(5,7(3)4)8(10)11;/h3*6-7H,1-5H3,(H,10,11);/q;;;+3/p-3. The van der Waals surface area contributed by atoms with Crippen molar-refractivity contribution in [1.29, 1.82) is 0 Å². The Bertz CT molecular complexity index is 511. The van der Waals surface area contributed by atoms with Crippen LogP contribution in [0.25, 0.3) is 0 Å². The number of carboxylic acids is 3. The second-order valence-corrected chi connectivity index (χ2v) is 11.6. The van der Waals surface area contributed by atoms with E-state index in [2.05, 4.69) is 0 Å². The van der Waals surface area contributed by atoms with Gasteiger partial charge < -0.3 is 29.7 Å². The molecule has 0 rings (SSSR count). The SMILES string of the molecule is CC(C)C(C)(C(=O)[O-])C(C)C.CC(C)C(C)(C(=O)[O-])C(C)C.CC(C)C(C)(C(=O)[O-])C(C)C.[Al+3]. The van der Waals surface area contributed by atoms with E-state index >= 15 is 0 Å². The molecule has 0 aliphatic carbocycles. The fourth-order valence-electron chi connectivity index (χ4n) is 3.41. The van der Waals surface area contributed by atoms with Crippen LogP contribution in [0, 0.1) is 51.8 Å². The van der Waals surface area contributed by atoms with Crippen LogP contribution in [0.1, 0.15) is 104 Å². The molecule has 7 heteroatoms. The van der Waals surface area contributed by atoms with Crippen LogP contribution in [0.4, 0.5) is 0 Å². The fourth-order valence-corrected chi connectivity index (χ4v) is 3.41. The number of rotatable bonds is 9. The zero-order valence-corrected chi connectivity index (χ0v) is 25.6. The number of hydrogen-bond acceptors (Lipinski definition) is 6. The van der Waals surface area contributed by atoms with Gasteiger partial charge in [-0.05, 0) is 35.5 Å². The van der Waals surface area contributed by atoms with E-state index in [-0.39, 0.29) is 52.9 Å². The van der Waals surface area contributed by atoms with Gasteiger partial charge in [0.25, 0.3) is 0 Å². The Labute approximate surface area is 220 Å². The Morgan fingerprint density at radius 1 is 0.412 bits per heavy atom. The number of aliphatic carboxylic acids is 3. The van der Waals surface area contributed by atoms with Crippen molar-refractivity contribution in [2.45, 2.75) is 104 Å². The largest absolute Gasteiger partial charge is 3.00 e. The van der Waals surface area contributed by atoms with E-state index in [1.165, 1.54) is 0 Å². The van der Waals surface area contributed by atoms with Gasteiger partial charge in [0.1, 0.15) is 0 Å². The summed E-state index contributed by atoms with van der Waals surface area (Å²) in [7, 11) is 0. The van der Waals surface area contributed by atoms with Crippen molar-refractivity contribution in [3.8, 4) is 0 Å². The molecule has 0 heterocycles. The summed E-state index contributed by atoms with van der Waals surface area (Å²) in [5.74, 6) is -2.12. The fraction of sp³-hybridized carbons (Fsp3) is 0.889. The zero-order valence-electron chi connectivity index (χ0n) is 24.5. The molecule has 0 saturated heterocycles.